The molecule has 0 radical (unpaired) electrons. The van der Waals surface area contributed by atoms with Gasteiger partial charge in [-0.1, -0.05) is 13.8 Å². The second-order valence-corrected chi connectivity index (χ2v) is 9.80. The molecule has 1 N–H and O–H groups in total. The number of nitrogens with zero attached hydrogens (tertiary/aromatic N) is 1. The van der Waals surface area contributed by atoms with Crippen molar-refractivity contribution in [2.24, 2.45) is 5.92 Å². The normalized spacial score (nSPS) is 17.4. The van der Waals surface area contributed by atoms with E-state index in [0.717, 1.165) is 0 Å². The van der Waals surface area contributed by atoms with Crippen LogP contribution in [-0.2, 0) is 24.2 Å². The highest BCUT2D eigenvalue weighted by Gasteiger charge is 2.35. The second-order valence-electron chi connectivity index (χ2n) is 7.57. The average Bonchev–Trinajstić information content (AvgIpc) is 3.07. The highest BCUT2D eigenvalue weighted by Crippen LogP contribution is 2.19. The minimum Gasteiger partial charge on any atom is -0.497 e. The molecular formula is C20H28N2O7S. The van der Waals surface area contributed by atoms with Gasteiger partial charge in [-0.05, 0) is 36.6 Å². The minimum absolute atomic E-state index is 0.0523. The summed E-state index contributed by atoms with van der Waals surface area (Å²) >= 11 is 0. The zero-order valence-corrected chi connectivity index (χ0v) is 18.2. The Morgan fingerprint density at radius 3 is 2.40 bits per heavy atom. The number of carbonyl (C=O) groups excluding carboxylic acids is 3. The molecule has 10 heteroatoms. The lowest BCUT2D eigenvalue weighted by Crippen LogP contribution is -2.45. The van der Waals surface area contributed by atoms with Gasteiger partial charge in [-0.15, -0.1) is 0 Å². The first-order valence-corrected chi connectivity index (χ1v) is 11.5. The lowest BCUT2D eigenvalue weighted by atomic mass is 10.1. The molecular weight excluding hydrogens is 412 g/mol. The summed E-state index contributed by atoms with van der Waals surface area (Å²) in [7, 11) is -1.63. The van der Waals surface area contributed by atoms with Crippen molar-refractivity contribution >= 4 is 27.6 Å². The van der Waals surface area contributed by atoms with Crippen molar-refractivity contribution in [2.75, 3.05) is 38.3 Å². The number of rotatable bonds is 9. The van der Waals surface area contributed by atoms with Crippen LogP contribution in [-0.4, -0.2) is 75.5 Å². The van der Waals surface area contributed by atoms with Crippen LogP contribution in [0.1, 0.15) is 30.6 Å². The van der Waals surface area contributed by atoms with E-state index >= 15 is 0 Å². The number of sulfone groups is 1. The van der Waals surface area contributed by atoms with Gasteiger partial charge in [0, 0.05) is 18.2 Å². The van der Waals surface area contributed by atoms with E-state index < -0.39 is 40.3 Å². The molecule has 9 nitrogen and oxygen atoms in total. The maximum Gasteiger partial charge on any atom is 0.325 e. The largest absolute Gasteiger partial charge is 0.497 e. The van der Waals surface area contributed by atoms with E-state index in [9.17, 15) is 22.8 Å². The number of ether oxygens (including phenoxy) is 2. The topological polar surface area (TPSA) is 119 Å². The number of hydrogen-bond donors (Lipinski definition) is 1. The number of hydrogen-bond acceptors (Lipinski definition) is 7. The van der Waals surface area contributed by atoms with E-state index in [1.165, 1.54) is 12.0 Å². The number of carbonyl (C=O) groups is 3. The van der Waals surface area contributed by atoms with E-state index in [-0.39, 0.29) is 24.0 Å². The summed E-state index contributed by atoms with van der Waals surface area (Å²) in [5, 5.41) is 2.43. The Hall–Kier alpha value is -2.62. The van der Waals surface area contributed by atoms with Crippen molar-refractivity contribution in [1.29, 1.82) is 0 Å². The maximum atomic E-state index is 12.6. The second kappa shape index (κ2) is 10.4. The predicted octanol–water partition coefficient (Wildman–Crippen LogP) is 0.640. The van der Waals surface area contributed by atoms with Gasteiger partial charge in [-0.2, -0.15) is 0 Å². The molecule has 0 aromatic heterocycles. The van der Waals surface area contributed by atoms with Crippen LogP contribution in [0.25, 0.3) is 0 Å². The quantitative estimate of drug-likeness (QED) is 0.560. The van der Waals surface area contributed by atoms with Gasteiger partial charge in [0.25, 0.3) is 11.8 Å². The molecule has 1 aliphatic heterocycles. The number of amides is 2. The van der Waals surface area contributed by atoms with Crippen LogP contribution >= 0.6 is 0 Å². The van der Waals surface area contributed by atoms with Crippen molar-refractivity contribution in [3.05, 3.63) is 29.8 Å². The van der Waals surface area contributed by atoms with Crippen molar-refractivity contribution in [1.82, 2.24) is 10.2 Å². The first-order chi connectivity index (χ1) is 14.1. The van der Waals surface area contributed by atoms with Crippen LogP contribution in [0.3, 0.4) is 0 Å². The van der Waals surface area contributed by atoms with Gasteiger partial charge in [0.1, 0.15) is 12.3 Å². The molecule has 1 fully saturated rings. The van der Waals surface area contributed by atoms with Gasteiger partial charge < -0.3 is 19.7 Å². The molecule has 0 saturated carbocycles. The van der Waals surface area contributed by atoms with Gasteiger partial charge in [0.15, 0.2) is 16.4 Å². The summed E-state index contributed by atoms with van der Waals surface area (Å²) in [6, 6.07) is 5.96. The van der Waals surface area contributed by atoms with Crippen molar-refractivity contribution in [2.45, 2.75) is 26.3 Å². The van der Waals surface area contributed by atoms with Gasteiger partial charge in [0.05, 0.1) is 18.6 Å². The maximum absolute atomic E-state index is 12.6. The molecule has 1 atom stereocenters. The van der Waals surface area contributed by atoms with Crippen LogP contribution in [0.15, 0.2) is 24.3 Å². The van der Waals surface area contributed by atoms with E-state index in [4.69, 9.17) is 9.47 Å². The fraction of sp³-hybridized carbons (Fsp3) is 0.550. The summed E-state index contributed by atoms with van der Waals surface area (Å²) in [5.74, 6) is -0.941. The van der Waals surface area contributed by atoms with E-state index in [1.807, 2.05) is 13.8 Å². The Balaban J connectivity index is 1.83. The summed E-state index contributed by atoms with van der Waals surface area (Å²) in [4.78, 5) is 38.0. The molecule has 2 rings (SSSR count). The van der Waals surface area contributed by atoms with Crippen molar-refractivity contribution in [3.8, 4) is 5.75 Å². The monoisotopic (exact) mass is 440 g/mol. The fourth-order valence-corrected chi connectivity index (χ4v) is 4.87. The number of benzene rings is 1. The van der Waals surface area contributed by atoms with E-state index in [2.05, 4.69) is 5.32 Å². The van der Waals surface area contributed by atoms with Crippen molar-refractivity contribution < 1.29 is 32.3 Å². The summed E-state index contributed by atoms with van der Waals surface area (Å²) in [6.45, 7) is 3.33. The molecule has 30 heavy (non-hydrogen) atoms. The SMILES string of the molecule is COc1ccc(C(=O)NCC(=O)OCC(=O)N(CC(C)C)C2CCS(=O)(=O)C2)cc1. The average molecular weight is 441 g/mol. The number of esters is 1. The van der Waals surface area contributed by atoms with Gasteiger partial charge in [-0.25, -0.2) is 8.42 Å². The smallest absolute Gasteiger partial charge is 0.325 e. The molecule has 1 heterocycles. The Morgan fingerprint density at radius 2 is 1.87 bits per heavy atom. The highest BCUT2D eigenvalue weighted by atomic mass is 32.2. The van der Waals surface area contributed by atoms with Crippen LogP contribution in [0.5, 0.6) is 5.75 Å². The predicted molar refractivity (Wildman–Crippen MR) is 110 cm³/mol. The third-order valence-electron chi connectivity index (χ3n) is 4.63. The Morgan fingerprint density at radius 1 is 1.20 bits per heavy atom. The lowest BCUT2D eigenvalue weighted by molar-refractivity contribution is -0.152. The number of nitrogens with one attached hydrogen (secondary N) is 1. The molecule has 1 aromatic rings. The third kappa shape index (κ3) is 7.01. The lowest BCUT2D eigenvalue weighted by Gasteiger charge is -2.29. The van der Waals surface area contributed by atoms with Crippen LogP contribution < -0.4 is 10.1 Å². The number of methoxy groups -OCH3 is 1. The summed E-state index contributed by atoms with van der Waals surface area (Å²) in [5.41, 5.74) is 0.352. The van der Waals surface area contributed by atoms with Crippen LogP contribution in [0, 0.1) is 5.92 Å². The molecule has 1 aliphatic rings. The van der Waals surface area contributed by atoms with Gasteiger partial charge in [0.2, 0.25) is 0 Å². The standard InChI is InChI=1S/C20H28N2O7S/c1-14(2)11-22(16-8-9-30(26,27)13-16)18(23)12-29-19(24)10-21-20(25)15-4-6-17(28-3)7-5-15/h4-7,14,16H,8-13H2,1-3H3,(H,21,25). The zero-order chi connectivity index (χ0) is 22.3. The molecule has 0 bridgehead atoms. The van der Waals surface area contributed by atoms with Crippen molar-refractivity contribution in [3.63, 3.8) is 0 Å². The highest BCUT2D eigenvalue weighted by molar-refractivity contribution is 7.91. The van der Waals surface area contributed by atoms with Gasteiger partial charge >= 0.3 is 5.97 Å². The Labute approximate surface area is 176 Å². The van der Waals surface area contributed by atoms with Gasteiger partial charge in [-0.3, -0.25) is 14.4 Å². The molecule has 0 spiro atoms. The van der Waals surface area contributed by atoms with E-state index in [1.54, 1.807) is 24.3 Å². The zero-order valence-electron chi connectivity index (χ0n) is 17.4. The molecule has 1 aromatic carbocycles. The molecule has 166 valence electrons. The summed E-state index contributed by atoms with van der Waals surface area (Å²) in [6.07, 6.45) is 0.382. The third-order valence-corrected chi connectivity index (χ3v) is 6.38. The molecule has 0 aliphatic carbocycles. The molecule has 2 amide bonds. The Kier molecular flexibility index (Phi) is 8.22. The fourth-order valence-electron chi connectivity index (χ4n) is 3.14. The summed E-state index contributed by atoms with van der Waals surface area (Å²) < 4.78 is 33.5. The molecule has 1 saturated heterocycles. The minimum atomic E-state index is -3.15. The molecule has 1 unspecified atom stereocenters. The van der Waals surface area contributed by atoms with Crippen LogP contribution in [0.2, 0.25) is 0 Å². The Bertz CT molecular complexity index is 866. The first-order valence-electron chi connectivity index (χ1n) is 9.69. The van der Waals surface area contributed by atoms with E-state index in [0.29, 0.717) is 24.3 Å². The van der Waals surface area contributed by atoms with Crippen LogP contribution in [0.4, 0.5) is 0 Å². The first kappa shape index (κ1) is 23.7.